The van der Waals surface area contributed by atoms with Crippen molar-refractivity contribution in [1.29, 1.82) is 0 Å². The van der Waals surface area contributed by atoms with Crippen molar-refractivity contribution in [2.75, 3.05) is 32.2 Å². The van der Waals surface area contributed by atoms with Crippen LogP contribution in [0.4, 0.5) is 4.79 Å². The normalized spacial score (nSPS) is 22.3. The molecule has 2 fully saturated rings. The number of amides is 6. The second-order valence-electron chi connectivity index (χ2n) is 11.6. The van der Waals surface area contributed by atoms with Crippen molar-refractivity contribution >= 4 is 52.4 Å². The first-order chi connectivity index (χ1) is 21.2. The van der Waals surface area contributed by atoms with Crippen LogP contribution in [0.5, 0.6) is 0 Å². The minimum absolute atomic E-state index is 0.0789. The number of esters is 2. The topological polar surface area (TPSA) is 189 Å². The van der Waals surface area contributed by atoms with Gasteiger partial charge in [-0.2, -0.15) is 0 Å². The SMILES string of the molecule is CCN1CCN(C(=O)NC(C(=O)NC2C(=O)N3C(C(=O)OCOC(=O)C(C)(C)C)=C(C)CS(=O)[C@H]23)c2ccccc2)C(=O)C1=O. The number of benzene rings is 1. The van der Waals surface area contributed by atoms with Crippen LogP contribution >= 0.6 is 0 Å². The number of rotatable bonds is 8. The fourth-order valence-electron chi connectivity index (χ4n) is 4.92. The minimum Gasteiger partial charge on any atom is -0.427 e. The Bertz CT molecular complexity index is 1490. The summed E-state index contributed by atoms with van der Waals surface area (Å²) in [5.74, 6) is -5.13. The zero-order valence-corrected chi connectivity index (χ0v) is 26.3. The summed E-state index contributed by atoms with van der Waals surface area (Å²) in [6.07, 6.45) is 0. The first-order valence-corrected chi connectivity index (χ1v) is 15.6. The van der Waals surface area contributed by atoms with Gasteiger partial charge in [0.25, 0.3) is 5.91 Å². The molecule has 242 valence electrons. The van der Waals surface area contributed by atoms with Gasteiger partial charge in [-0.15, -0.1) is 0 Å². The molecular weight excluding hydrogens is 610 g/mol. The number of ether oxygens (including phenoxy) is 2. The molecule has 3 aliphatic rings. The van der Waals surface area contributed by atoms with E-state index in [9.17, 15) is 37.8 Å². The number of imide groups is 1. The molecule has 3 unspecified atom stereocenters. The standard InChI is InChI=1S/C29H35N5O10S/c1-6-32-12-13-33(24(38)23(32)37)28(41)31-18(17-10-8-7-9-11-17)21(35)30-19-22(36)34-20(16(2)14-45(42)25(19)34)26(39)43-15-44-27(40)29(3,4)5/h7-11,18-19,25H,6,12-15H2,1-5H3,(H,30,35)(H,31,41)/t18?,19?,25-,45?/m1/s1. The molecule has 4 rings (SSSR count). The second-order valence-corrected chi connectivity index (χ2v) is 13.1. The molecule has 3 aliphatic heterocycles. The van der Waals surface area contributed by atoms with Gasteiger partial charge in [-0.25, -0.2) is 9.59 Å². The van der Waals surface area contributed by atoms with E-state index in [1.54, 1.807) is 58.0 Å². The van der Waals surface area contributed by atoms with Crippen LogP contribution in [0.2, 0.25) is 0 Å². The van der Waals surface area contributed by atoms with Gasteiger partial charge in [0.15, 0.2) is 0 Å². The summed E-state index contributed by atoms with van der Waals surface area (Å²) < 4.78 is 23.1. The van der Waals surface area contributed by atoms with Gasteiger partial charge in [0.05, 0.1) is 16.2 Å². The second kappa shape index (κ2) is 13.2. The molecule has 15 nitrogen and oxygen atoms in total. The van der Waals surface area contributed by atoms with Crippen LogP contribution < -0.4 is 10.6 Å². The number of urea groups is 1. The molecule has 0 aromatic heterocycles. The molecule has 0 spiro atoms. The number of carbonyl (C=O) groups excluding carboxylic acids is 7. The van der Waals surface area contributed by atoms with Gasteiger partial charge in [-0.3, -0.25) is 38.0 Å². The Balaban J connectivity index is 1.48. The van der Waals surface area contributed by atoms with Crippen LogP contribution in [0.15, 0.2) is 41.6 Å². The van der Waals surface area contributed by atoms with E-state index < -0.39 is 82.1 Å². The van der Waals surface area contributed by atoms with Gasteiger partial charge in [-0.1, -0.05) is 30.3 Å². The maximum absolute atomic E-state index is 13.6. The van der Waals surface area contributed by atoms with E-state index in [0.717, 1.165) is 4.90 Å². The van der Waals surface area contributed by atoms with Gasteiger partial charge in [0.1, 0.15) is 23.2 Å². The maximum Gasteiger partial charge on any atom is 0.357 e. The lowest BCUT2D eigenvalue weighted by atomic mass is 9.98. The lowest BCUT2D eigenvalue weighted by molar-refractivity contribution is -0.173. The highest BCUT2D eigenvalue weighted by Gasteiger charge is 2.57. The summed E-state index contributed by atoms with van der Waals surface area (Å²) in [6.45, 7) is 7.74. The minimum atomic E-state index is -1.72. The molecule has 3 heterocycles. The molecule has 1 aromatic rings. The number of piperazine rings is 1. The first-order valence-electron chi connectivity index (χ1n) is 14.2. The molecular formula is C29H35N5O10S. The molecule has 6 amide bonds. The Morgan fingerprint density at radius 3 is 2.31 bits per heavy atom. The Hall–Kier alpha value is -4.60. The zero-order chi connectivity index (χ0) is 33.2. The Labute approximate surface area is 261 Å². The lowest BCUT2D eigenvalue weighted by Crippen LogP contribution is -2.74. The third-order valence-corrected chi connectivity index (χ3v) is 9.14. The number of hydrogen-bond donors (Lipinski definition) is 2. The van der Waals surface area contributed by atoms with E-state index in [4.69, 9.17) is 9.47 Å². The van der Waals surface area contributed by atoms with Crippen molar-refractivity contribution in [1.82, 2.24) is 25.3 Å². The first kappa shape index (κ1) is 33.3. The molecule has 0 saturated carbocycles. The predicted octanol–water partition coefficient (Wildman–Crippen LogP) is -0.0926. The molecule has 2 N–H and O–H groups in total. The Kier molecular flexibility index (Phi) is 9.75. The lowest BCUT2D eigenvalue weighted by Gasteiger charge is -2.49. The zero-order valence-electron chi connectivity index (χ0n) is 25.5. The Morgan fingerprint density at radius 1 is 1.02 bits per heavy atom. The number of β-lactam (4-membered cyclic amide) rings is 1. The van der Waals surface area contributed by atoms with Crippen molar-refractivity contribution in [3.8, 4) is 0 Å². The molecule has 16 heteroatoms. The molecule has 45 heavy (non-hydrogen) atoms. The third-order valence-electron chi connectivity index (χ3n) is 7.40. The summed E-state index contributed by atoms with van der Waals surface area (Å²) in [7, 11) is -1.72. The summed E-state index contributed by atoms with van der Waals surface area (Å²) in [6, 6.07) is 4.33. The van der Waals surface area contributed by atoms with Crippen LogP contribution in [-0.4, -0.2) is 104 Å². The predicted molar refractivity (Wildman–Crippen MR) is 156 cm³/mol. The average molecular weight is 646 g/mol. The van der Waals surface area contributed by atoms with Crippen LogP contribution in [0, 0.1) is 5.41 Å². The quantitative estimate of drug-likeness (QED) is 0.167. The van der Waals surface area contributed by atoms with E-state index in [1.165, 1.54) is 11.8 Å². The van der Waals surface area contributed by atoms with Crippen molar-refractivity contribution in [2.45, 2.75) is 52.1 Å². The van der Waals surface area contributed by atoms with Crippen molar-refractivity contribution in [3.63, 3.8) is 0 Å². The third kappa shape index (κ3) is 6.74. The van der Waals surface area contributed by atoms with E-state index in [2.05, 4.69) is 10.6 Å². The molecule has 0 radical (unpaired) electrons. The molecule has 1 aromatic carbocycles. The summed E-state index contributed by atoms with van der Waals surface area (Å²) in [4.78, 5) is 92.8. The largest absolute Gasteiger partial charge is 0.427 e. The smallest absolute Gasteiger partial charge is 0.357 e. The van der Waals surface area contributed by atoms with Crippen molar-refractivity contribution < 1.29 is 47.2 Å². The van der Waals surface area contributed by atoms with Gasteiger partial charge in [0.2, 0.25) is 12.7 Å². The van der Waals surface area contributed by atoms with Gasteiger partial charge < -0.3 is 25.0 Å². The summed E-state index contributed by atoms with van der Waals surface area (Å²) >= 11 is 0. The average Bonchev–Trinajstić information content (AvgIpc) is 2.99. The van der Waals surface area contributed by atoms with Gasteiger partial charge in [0, 0.05) is 25.4 Å². The number of hydrogen-bond acceptors (Lipinski definition) is 10. The Morgan fingerprint density at radius 2 is 1.69 bits per heavy atom. The van der Waals surface area contributed by atoms with Gasteiger partial charge in [-0.05, 0) is 45.8 Å². The van der Waals surface area contributed by atoms with Gasteiger partial charge >= 0.3 is 29.8 Å². The van der Waals surface area contributed by atoms with Crippen LogP contribution in [0.3, 0.4) is 0 Å². The fraction of sp³-hybridized carbons (Fsp3) is 0.483. The van der Waals surface area contributed by atoms with Crippen LogP contribution in [0.1, 0.15) is 46.2 Å². The summed E-state index contributed by atoms with van der Waals surface area (Å²) in [5.41, 5.74) is -0.370. The molecule has 0 aliphatic carbocycles. The van der Waals surface area contributed by atoms with E-state index >= 15 is 0 Å². The van der Waals surface area contributed by atoms with E-state index in [-0.39, 0.29) is 24.5 Å². The molecule has 4 atom stereocenters. The maximum atomic E-state index is 13.6. The van der Waals surface area contributed by atoms with Crippen molar-refractivity contribution in [3.05, 3.63) is 47.2 Å². The van der Waals surface area contributed by atoms with Crippen LogP contribution in [0.25, 0.3) is 0 Å². The van der Waals surface area contributed by atoms with E-state index in [1.807, 2.05) is 0 Å². The number of likely N-dealkylation sites (N-methyl/N-ethyl adjacent to an activating group) is 1. The number of fused-ring (bicyclic) bond motifs is 1. The van der Waals surface area contributed by atoms with E-state index in [0.29, 0.717) is 22.6 Å². The number of carbonyl (C=O) groups is 7. The highest BCUT2D eigenvalue weighted by atomic mass is 32.2. The van der Waals surface area contributed by atoms with Crippen molar-refractivity contribution in [2.24, 2.45) is 5.41 Å². The molecule has 2 saturated heterocycles. The number of nitrogens with zero attached hydrogens (tertiary/aromatic N) is 3. The summed E-state index contributed by atoms with van der Waals surface area (Å²) in [5, 5.41) is 3.89. The molecule has 0 bridgehead atoms. The monoisotopic (exact) mass is 645 g/mol. The highest BCUT2D eigenvalue weighted by molar-refractivity contribution is 7.86. The number of nitrogens with one attached hydrogen (secondary N) is 2. The fourth-order valence-corrected chi connectivity index (χ4v) is 6.59. The highest BCUT2D eigenvalue weighted by Crippen LogP contribution is 2.35. The van der Waals surface area contributed by atoms with Crippen LogP contribution in [-0.2, 0) is 49.0 Å².